The first-order chi connectivity index (χ1) is 16.4. The van der Waals surface area contributed by atoms with E-state index in [2.05, 4.69) is 39.1 Å². The van der Waals surface area contributed by atoms with Crippen LogP contribution in [0.4, 0.5) is 4.79 Å². The van der Waals surface area contributed by atoms with Gasteiger partial charge in [0, 0.05) is 18.9 Å². The molecule has 0 spiro atoms. The predicted octanol–water partition coefficient (Wildman–Crippen LogP) is 5.15. The number of allylic oxidation sites excluding steroid dienone is 2. The van der Waals surface area contributed by atoms with Crippen LogP contribution in [0.2, 0.25) is 0 Å². The molecule has 0 saturated heterocycles. The molecular formula is C29H44N2O4. The number of nitrogens with two attached hydrogens (primary N) is 1. The third-order valence-electron chi connectivity index (χ3n) is 11.6. The smallest absolute Gasteiger partial charge is 0.312 e. The molecule has 4 fully saturated rings. The van der Waals surface area contributed by atoms with Gasteiger partial charge in [0.2, 0.25) is 0 Å². The van der Waals surface area contributed by atoms with Crippen molar-refractivity contribution in [3.63, 3.8) is 0 Å². The van der Waals surface area contributed by atoms with Crippen LogP contribution in [0.15, 0.2) is 11.6 Å². The molecule has 4 saturated carbocycles. The van der Waals surface area contributed by atoms with Crippen molar-refractivity contribution in [1.82, 2.24) is 5.32 Å². The van der Waals surface area contributed by atoms with E-state index in [1.165, 1.54) is 18.9 Å². The number of amides is 2. The van der Waals surface area contributed by atoms with E-state index >= 15 is 0 Å². The zero-order valence-corrected chi connectivity index (χ0v) is 22.2. The summed E-state index contributed by atoms with van der Waals surface area (Å²) in [6.45, 7) is 10.9. The SMILES string of the molecule is CC(=O)OC1CCC2(C)C(CCC3(C)C4CCC5(C)CCC(NC(N)=O)CC5C4=CC(=O)C32)C1C. The van der Waals surface area contributed by atoms with Crippen LogP contribution >= 0.6 is 0 Å². The third-order valence-corrected chi connectivity index (χ3v) is 11.6. The van der Waals surface area contributed by atoms with Crippen LogP contribution in [-0.4, -0.2) is 29.9 Å². The molecule has 194 valence electrons. The molecule has 5 rings (SSSR count). The number of carbonyl (C=O) groups excluding carboxylic acids is 3. The first kappa shape index (κ1) is 24.8. The topological polar surface area (TPSA) is 98.5 Å². The number of hydrogen-bond donors (Lipinski definition) is 2. The molecule has 3 N–H and O–H groups in total. The van der Waals surface area contributed by atoms with Crippen LogP contribution in [0.1, 0.15) is 92.4 Å². The van der Waals surface area contributed by atoms with Gasteiger partial charge in [0.05, 0.1) is 0 Å². The fourth-order valence-corrected chi connectivity index (χ4v) is 10.1. The van der Waals surface area contributed by atoms with Crippen molar-refractivity contribution in [2.24, 2.45) is 51.6 Å². The lowest BCUT2D eigenvalue weighted by atomic mass is 9.38. The van der Waals surface area contributed by atoms with Crippen LogP contribution in [0, 0.1) is 45.8 Å². The molecule has 0 aliphatic heterocycles. The number of ketones is 1. The molecule has 2 amide bonds. The van der Waals surface area contributed by atoms with Crippen molar-refractivity contribution >= 4 is 17.8 Å². The Labute approximate surface area is 210 Å². The van der Waals surface area contributed by atoms with Gasteiger partial charge in [-0.1, -0.05) is 33.3 Å². The molecule has 10 atom stereocenters. The van der Waals surface area contributed by atoms with Gasteiger partial charge in [0.25, 0.3) is 0 Å². The average molecular weight is 485 g/mol. The van der Waals surface area contributed by atoms with Crippen LogP contribution in [-0.2, 0) is 14.3 Å². The Morgan fingerprint density at radius 2 is 1.69 bits per heavy atom. The van der Waals surface area contributed by atoms with Crippen LogP contribution in [0.3, 0.4) is 0 Å². The minimum atomic E-state index is -0.448. The van der Waals surface area contributed by atoms with Gasteiger partial charge in [-0.15, -0.1) is 0 Å². The molecule has 0 heterocycles. The molecule has 0 aromatic carbocycles. The number of primary amides is 1. The molecule has 0 bridgehead atoms. The lowest BCUT2D eigenvalue weighted by Crippen LogP contribution is -2.62. The lowest BCUT2D eigenvalue weighted by Gasteiger charge is -2.65. The summed E-state index contributed by atoms with van der Waals surface area (Å²) in [5, 5.41) is 2.96. The maximum absolute atomic E-state index is 14.1. The molecule has 10 unspecified atom stereocenters. The highest BCUT2D eigenvalue weighted by atomic mass is 16.5. The second-order valence-electron chi connectivity index (χ2n) is 13.5. The zero-order valence-electron chi connectivity index (χ0n) is 22.2. The molecule has 5 aliphatic rings. The second-order valence-corrected chi connectivity index (χ2v) is 13.5. The van der Waals surface area contributed by atoms with Gasteiger partial charge in [0.1, 0.15) is 6.10 Å². The van der Waals surface area contributed by atoms with Crippen molar-refractivity contribution in [3.8, 4) is 0 Å². The highest BCUT2D eigenvalue weighted by Crippen LogP contribution is 2.69. The number of hydrogen-bond acceptors (Lipinski definition) is 4. The number of carbonyl (C=O) groups is 3. The third kappa shape index (κ3) is 3.76. The quantitative estimate of drug-likeness (QED) is 0.530. The van der Waals surface area contributed by atoms with Crippen LogP contribution in [0.5, 0.6) is 0 Å². The van der Waals surface area contributed by atoms with Crippen molar-refractivity contribution in [2.75, 3.05) is 0 Å². The Kier molecular flexibility index (Phi) is 5.92. The Morgan fingerprint density at radius 1 is 1.00 bits per heavy atom. The number of esters is 1. The summed E-state index contributed by atoms with van der Waals surface area (Å²) in [5.41, 5.74) is 6.92. The van der Waals surface area contributed by atoms with E-state index in [1.807, 2.05) is 0 Å². The molecule has 0 aromatic rings. The van der Waals surface area contributed by atoms with E-state index in [0.29, 0.717) is 23.5 Å². The highest BCUT2D eigenvalue weighted by Gasteiger charge is 2.65. The van der Waals surface area contributed by atoms with E-state index in [9.17, 15) is 14.4 Å². The Balaban J connectivity index is 1.48. The predicted molar refractivity (Wildman–Crippen MR) is 134 cm³/mol. The molecule has 0 radical (unpaired) electrons. The number of urea groups is 1. The largest absolute Gasteiger partial charge is 0.462 e. The molecule has 35 heavy (non-hydrogen) atoms. The molecular weight excluding hydrogens is 440 g/mol. The molecule has 6 nitrogen and oxygen atoms in total. The van der Waals surface area contributed by atoms with Gasteiger partial charge >= 0.3 is 12.0 Å². The summed E-state index contributed by atoms with van der Waals surface area (Å²) < 4.78 is 5.70. The number of nitrogens with one attached hydrogen (secondary N) is 1. The first-order valence-electron chi connectivity index (χ1n) is 13.9. The van der Waals surface area contributed by atoms with Gasteiger partial charge in [-0.2, -0.15) is 0 Å². The minimum absolute atomic E-state index is 0.0238. The Bertz CT molecular complexity index is 960. The van der Waals surface area contributed by atoms with Gasteiger partial charge in [-0.05, 0) is 104 Å². The minimum Gasteiger partial charge on any atom is -0.462 e. The number of fused-ring (bicyclic) bond motifs is 7. The van der Waals surface area contributed by atoms with Crippen molar-refractivity contribution < 1.29 is 19.1 Å². The zero-order chi connectivity index (χ0) is 25.3. The first-order valence-corrected chi connectivity index (χ1v) is 13.9. The van der Waals surface area contributed by atoms with Crippen LogP contribution < -0.4 is 11.1 Å². The summed E-state index contributed by atoms with van der Waals surface area (Å²) in [6.07, 6.45) is 11.2. The van der Waals surface area contributed by atoms with E-state index in [-0.39, 0.29) is 46.2 Å². The molecule has 6 heteroatoms. The normalized spacial score (nSPS) is 48.9. The standard InChI is InChI=1S/C29H44N2O4/c1-16-20-8-12-29(5)21-7-11-27(3)10-6-18(31-26(30)34)14-22(27)19(21)15-23(33)25(29)28(20,4)13-9-24(16)35-17(2)32/h15-16,18,20-22,24-25H,6-14H2,1-5H3,(H3,30,31,34). The maximum atomic E-state index is 14.1. The van der Waals surface area contributed by atoms with Gasteiger partial charge in [-0.3, -0.25) is 9.59 Å². The average Bonchev–Trinajstić information content (AvgIpc) is 2.75. The van der Waals surface area contributed by atoms with E-state index in [1.54, 1.807) is 0 Å². The van der Waals surface area contributed by atoms with Gasteiger partial charge in [0.15, 0.2) is 5.78 Å². The fourth-order valence-electron chi connectivity index (χ4n) is 10.1. The second kappa shape index (κ2) is 8.34. The lowest BCUT2D eigenvalue weighted by molar-refractivity contribution is -0.180. The summed E-state index contributed by atoms with van der Waals surface area (Å²) in [4.78, 5) is 37.4. The fraction of sp³-hybridized carbons (Fsp3) is 0.828. The molecule has 5 aliphatic carbocycles. The number of rotatable bonds is 2. The number of ether oxygens (including phenoxy) is 1. The Morgan fingerprint density at radius 3 is 2.37 bits per heavy atom. The van der Waals surface area contributed by atoms with Gasteiger partial charge in [-0.25, -0.2) is 4.79 Å². The summed E-state index contributed by atoms with van der Waals surface area (Å²) >= 11 is 0. The summed E-state index contributed by atoms with van der Waals surface area (Å²) in [7, 11) is 0. The van der Waals surface area contributed by atoms with Crippen LogP contribution in [0.25, 0.3) is 0 Å². The van der Waals surface area contributed by atoms with Crippen molar-refractivity contribution in [2.45, 2.75) is 105 Å². The van der Waals surface area contributed by atoms with E-state index < -0.39 is 6.03 Å². The van der Waals surface area contributed by atoms with Crippen molar-refractivity contribution in [1.29, 1.82) is 0 Å². The van der Waals surface area contributed by atoms with E-state index in [4.69, 9.17) is 10.5 Å². The maximum Gasteiger partial charge on any atom is 0.312 e. The monoisotopic (exact) mass is 484 g/mol. The van der Waals surface area contributed by atoms with Gasteiger partial charge < -0.3 is 15.8 Å². The van der Waals surface area contributed by atoms with E-state index in [0.717, 1.165) is 51.4 Å². The molecule has 0 aromatic heterocycles. The van der Waals surface area contributed by atoms with Crippen molar-refractivity contribution in [3.05, 3.63) is 11.6 Å². The summed E-state index contributed by atoms with van der Waals surface area (Å²) in [5.74, 6) is 1.56. The Hall–Kier alpha value is -1.85. The highest BCUT2D eigenvalue weighted by molar-refractivity contribution is 5.95. The summed E-state index contributed by atoms with van der Waals surface area (Å²) in [6, 6.07) is -0.354.